The molecule has 0 amide bonds. The van der Waals surface area contributed by atoms with E-state index < -0.39 is 5.97 Å². The number of esters is 1. The topological polar surface area (TPSA) is 46.5 Å². The summed E-state index contributed by atoms with van der Waals surface area (Å²) in [7, 11) is 0. The van der Waals surface area contributed by atoms with Crippen LogP contribution in [0.1, 0.15) is 18.1 Å². The van der Waals surface area contributed by atoms with Crippen molar-refractivity contribution >= 4 is 23.6 Å². The molecule has 0 aliphatic rings. The third-order valence-corrected chi connectivity index (χ3v) is 2.20. The van der Waals surface area contributed by atoms with Gasteiger partial charge in [-0.25, -0.2) is 4.79 Å². The average Bonchev–Trinajstić information content (AvgIpc) is 2.27. The number of carbonyl (C=O) groups is 1. The number of aliphatic hydroxyl groups is 1. The van der Waals surface area contributed by atoms with E-state index in [0.29, 0.717) is 22.8 Å². The fourth-order valence-corrected chi connectivity index (χ4v) is 1.39. The molecule has 0 fully saturated rings. The lowest BCUT2D eigenvalue weighted by Gasteiger charge is -2.03. The van der Waals surface area contributed by atoms with Crippen molar-refractivity contribution in [1.82, 2.24) is 0 Å². The summed E-state index contributed by atoms with van der Waals surface area (Å²) >= 11 is 5.82. The molecule has 1 aromatic rings. The number of hydrogen-bond acceptors (Lipinski definition) is 3. The molecule has 0 radical (unpaired) electrons. The molecule has 0 spiro atoms. The standard InChI is InChI=1S/C12H13ClO3/c1-2-16-12(15)6-4-9-7-11(13)5-3-10(9)8-14/h3-7,14H,2,8H2,1H3/b6-4+. The number of hydrogen-bond donors (Lipinski definition) is 1. The van der Waals surface area contributed by atoms with Gasteiger partial charge in [0.15, 0.2) is 0 Å². The monoisotopic (exact) mass is 240 g/mol. The van der Waals surface area contributed by atoms with E-state index in [1.165, 1.54) is 6.08 Å². The molecule has 1 rings (SSSR count). The van der Waals surface area contributed by atoms with Crippen molar-refractivity contribution in [3.8, 4) is 0 Å². The lowest BCUT2D eigenvalue weighted by Crippen LogP contribution is -1.99. The Labute approximate surface area is 99.3 Å². The molecular formula is C12H13ClO3. The molecule has 0 aliphatic heterocycles. The number of benzene rings is 1. The van der Waals surface area contributed by atoms with E-state index in [1.54, 1.807) is 31.2 Å². The SMILES string of the molecule is CCOC(=O)/C=C/c1cc(Cl)ccc1CO. The summed E-state index contributed by atoms with van der Waals surface area (Å²) in [6, 6.07) is 5.09. The van der Waals surface area contributed by atoms with Crippen molar-refractivity contribution in [1.29, 1.82) is 0 Å². The first-order chi connectivity index (χ1) is 7.67. The van der Waals surface area contributed by atoms with Gasteiger partial charge in [-0.15, -0.1) is 0 Å². The van der Waals surface area contributed by atoms with Crippen LogP contribution in [0.4, 0.5) is 0 Å². The molecule has 16 heavy (non-hydrogen) atoms. The van der Waals surface area contributed by atoms with Crippen LogP contribution in [0.5, 0.6) is 0 Å². The van der Waals surface area contributed by atoms with Crippen LogP contribution >= 0.6 is 11.6 Å². The Hall–Kier alpha value is -1.32. The summed E-state index contributed by atoms with van der Waals surface area (Å²) in [5.74, 6) is -0.411. The third-order valence-electron chi connectivity index (χ3n) is 1.96. The molecule has 1 aromatic carbocycles. The van der Waals surface area contributed by atoms with Gasteiger partial charge < -0.3 is 9.84 Å². The molecule has 3 nitrogen and oxygen atoms in total. The van der Waals surface area contributed by atoms with Crippen LogP contribution in [0.15, 0.2) is 24.3 Å². The van der Waals surface area contributed by atoms with Gasteiger partial charge in [-0.2, -0.15) is 0 Å². The quantitative estimate of drug-likeness (QED) is 0.649. The van der Waals surface area contributed by atoms with Crippen molar-refractivity contribution in [2.24, 2.45) is 0 Å². The Morgan fingerprint density at radius 1 is 1.56 bits per heavy atom. The van der Waals surface area contributed by atoms with Crippen molar-refractivity contribution in [3.05, 3.63) is 40.4 Å². The van der Waals surface area contributed by atoms with E-state index in [9.17, 15) is 4.79 Å². The van der Waals surface area contributed by atoms with E-state index in [4.69, 9.17) is 21.4 Å². The lowest BCUT2D eigenvalue weighted by molar-refractivity contribution is -0.137. The zero-order valence-electron chi connectivity index (χ0n) is 8.94. The maximum Gasteiger partial charge on any atom is 0.330 e. The molecule has 0 aliphatic carbocycles. The molecule has 4 heteroatoms. The minimum atomic E-state index is -0.411. The summed E-state index contributed by atoms with van der Waals surface area (Å²) in [6.07, 6.45) is 2.89. The zero-order valence-corrected chi connectivity index (χ0v) is 9.70. The van der Waals surface area contributed by atoms with Crippen LogP contribution in [0.25, 0.3) is 6.08 Å². The Kier molecular flexibility index (Phi) is 5.02. The molecule has 0 heterocycles. The maximum absolute atomic E-state index is 11.1. The predicted octanol–water partition coefficient (Wildman–Crippen LogP) is 2.41. The van der Waals surface area contributed by atoms with Crippen LogP contribution in [-0.4, -0.2) is 17.7 Å². The molecule has 0 unspecified atom stereocenters. The van der Waals surface area contributed by atoms with Crippen LogP contribution in [-0.2, 0) is 16.1 Å². The Morgan fingerprint density at radius 3 is 2.94 bits per heavy atom. The highest BCUT2D eigenvalue weighted by Gasteiger charge is 2.00. The first kappa shape index (κ1) is 12.7. The minimum absolute atomic E-state index is 0.0976. The summed E-state index contributed by atoms with van der Waals surface area (Å²) in [5, 5.41) is 9.64. The number of rotatable bonds is 4. The highest BCUT2D eigenvalue weighted by atomic mass is 35.5. The van der Waals surface area contributed by atoms with Gasteiger partial charge in [-0.05, 0) is 36.3 Å². The Balaban J connectivity index is 2.86. The Bertz CT molecular complexity index is 399. The van der Waals surface area contributed by atoms with Gasteiger partial charge in [-0.1, -0.05) is 17.7 Å². The fourth-order valence-electron chi connectivity index (χ4n) is 1.21. The van der Waals surface area contributed by atoms with Crippen molar-refractivity contribution in [3.63, 3.8) is 0 Å². The molecule has 0 bridgehead atoms. The molecule has 0 saturated heterocycles. The van der Waals surface area contributed by atoms with Gasteiger partial charge in [0.2, 0.25) is 0 Å². The number of aliphatic hydroxyl groups excluding tert-OH is 1. The molecule has 0 atom stereocenters. The van der Waals surface area contributed by atoms with E-state index in [2.05, 4.69) is 0 Å². The minimum Gasteiger partial charge on any atom is -0.463 e. The first-order valence-electron chi connectivity index (χ1n) is 4.91. The highest BCUT2D eigenvalue weighted by molar-refractivity contribution is 6.30. The van der Waals surface area contributed by atoms with Crippen molar-refractivity contribution in [2.45, 2.75) is 13.5 Å². The highest BCUT2D eigenvalue weighted by Crippen LogP contribution is 2.17. The van der Waals surface area contributed by atoms with Crippen LogP contribution < -0.4 is 0 Å². The van der Waals surface area contributed by atoms with E-state index >= 15 is 0 Å². The third kappa shape index (κ3) is 3.68. The molecule has 1 N–H and O–H groups in total. The molecule has 86 valence electrons. The Morgan fingerprint density at radius 2 is 2.31 bits per heavy atom. The number of carbonyl (C=O) groups excluding carboxylic acids is 1. The second kappa shape index (κ2) is 6.30. The number of ether oxygens (including phenoxy) is 1. The van der Waals surface area contributed by atoms with Gasteiger partial charge in [0.25, 0.3) is 0 Å². The van der Waals surface area contributed by atoms with E-state index in [-0.39, 0.29) is 6.61 Å². The van der Waals surface area contributed by atoms with Gasteiger partial charge >= 0.3 is 5.97 Å². The average molecular weight is 241 g/mol. The molecule has 0 aromatic heterocycles. The van der Waals surface area contributed by atoms with Gasteiger partial charge in [0.1, 0.15) is 0 Å². The first-order valence-corrected chi connectivity index (χ1v) is 5.29. The second-order valence-corrected chi connectivity index (χ2v) is 3.52. The van der Waals surface area contributed by atoms with Crippen LogP contribution in [0, 0.1) is 0 Å². The van der Waals surface area contributed by atoms with E-state index in [0.717, 1.165) is 0 Å². The van der Waals surface area contributed by atoms with Crippen LogP contribution in [0.3, 0.4) is 0 Å². The zero-order chi connectivity index (χ0) is 12.0. The summed E-state index contributed by atoms with van der Waals surface area (Å²) in [6.45, 7) is 1.98. The second-order valence-electron chi connectivity index (χ2n) is 3.09. The normalized spacial score (nSPS) is 10.7. The largest absolute Gasteiger partial charge is 0.463 e. The summed E-state index contributed by atoms with van der Waals surface area (Å²) in [5.41, 5.74) is 1.42. The van der Waals surface area contributed by atoms with Crippen molar-refractivity contribution in [2.75, 3.05) is 6.61 Å². The van der Waals surface area contributed by atoms with E-state index in [1.807, 2.05) is 0 Å². The van der Waals surface area contributed by atoms with Gasteiger partial charge in [-0.3, -0.25) is 0 Å². The molecule has 0 saturated carbocycles. The summed E-state index contributed by atoms with van der Waals surface area (Å²) in [4.78, 5) is 11.1. The van der Waals surface area contributed by atoms with Crippen LogP contribution in [0.2, 0.25) is 5.02 Å². The van der Waals surface area contributed by atoms with Gasteiger partial charge in [0, 0.05) is 11.1 Å². The maximum atomic E-state index is 11.1. The van der Waals surface area contributed by atoms with Crippen molar-refractivity contribution < 1.29 is 14.6 Å². The fraction of sp³-hybridized carbons (Fsp3) is 0.250. The predicted molar refractivity (Wildman–Crippen MR) is 63.0 cm³/mol. The smallest absolute Gasteiger partial charge is 0.330 e. The molecular weight excluding hydrogens is 228 g/mol. The van der Waals surface area contributed by atoms with Gasteiger partial charge in [0.05, 0.1) is 13.2 Å². The lowest BCUT2D eigenvalue weighted by atomic mass is 10.1. The summed E-state index contributed by atoms with van der Waals surface area (Å²) < 4.78 is 4.75. The number of halogens is 1.